The monoisotopic (exact) mass is 440 g/mol. The Kier molecular flexibility index (Phi) is 22.3. The summed E-state index contributed by atoms with van der Waals surface area (Å²) in [7, 11) is 6.37. The van der Waals surface area contributed by atoms with E-state index in [-0.39, 0.29) is 0 Å². The first-order chi connectivity index (χ1) is 11.0. The molecule has 0 fully saturated rings. The van der Waals surface area contributed by atoms with Crippen LogP contribution in [0.25, 0.3) is 0 Å². The fourth-order valence-corrected chi connectivity index (χ4v) is 5.44. The topological polar surface area (TPSA) is 0 Å². The molecule has 5 heteroatoms. The first-order valence-electron chi connectivity index (χ1n) is 8.43. The molecule has 0 spiro atoms. The zero-order valence-electron chi connectivity index (χ0n) is 15.5. The summed E-state index contributed by atoms with van der Waals surface area (Å²) >= 11 is 6.67. The van der Waals surface area contributed by atoms with Crippen molar-refractivity contribution in [1.29, 1.82) is 0 Å². The Morgan fingerprint density at radius 1 is 0.783 bits per heavy atom. The molecular weight excluding hydrogens is 408 g/mol. The fourth-order valence-electron chi connectivity index (χ4n) is 1.82. The summed E-state index contributed by atoms with van der Waals surface area (Å²) in [4.78, 5) is 0. The van der Waals surface area contributed by atoms with Crippen molar-refractivity contribution in [3.63, 3.8) is 0 Å². The molecule has 23 heavy (non-hydrogen) atoms. The summed E-state index contributed by atoms with van der Waals surface area (Å²) in [6.45, 7) is 13.7. The van der Waals surface area contributed by atoms with Crippen molar-refractivity contribution in [3.8, 4) is 0 Å². The molecule has 1 aromatic rings. The van der Waals surface area contributed by atoms with Gasteiger partial charge in [-0.25, -0.2) is 0 Å². The van der Waals surface area contributed by atoms with Gasteiger partial charge < -0.3 is 0 Å². The third kappa shape index (κ3) is 16.4. The summed E-state index contributed by atoms with van der Waals surface area (Å²) in [6.07, 6.45) is 8.51. The second kappa shape index (κ2) is 19.5. The third-order valence-electron chi connectivity index (χ3n) is 3.52. The van der Waals surface area contributed by atoms with E-state index in [1.54, 1.807) is 0 Å². The molecule has 1 rings (SSSR count). The first kappa shape index (κ1) is 26.4. The van der Waals surface area contributed by atoms with Gasteiger partial charge in [-0.05, 0) is 37.0 Å². The van der Waals surface area contributed by atoms with Crippen molar-refractivity contribution in [3.05, 3.63) is 29.3 Å². The molecule has 0 amide bonds. The van der Waals surface area contributed by atoms with Gasteiger partial charge in [0.05, 0.1) is 0 Å². The first-order valence-corrected chi connectivity index (χ1v) is 14.5. The molecule has 0 radical (unpaired) electrons. The molecule has 0 bridgehead atoms. The molecule has 0 aromatic heterocycles. The van der Waals surface area contributed by atoms with Crippen LogP contribution in [0.5, 0.6) is 0 Å². The summed E-state index contributed by atoms with van der Waals surface area (Å²) in [5.74, 6) is 0. The molecule has 0 nitrogen and oxygen atoms in total. The minimum atomic E-state index is 0.446. The number of hydrogen-bond donors (Lipinski definition) is 0. The standard InChI is InChI=1S/C6H4Cl.2C6H15P.ClH.Ni/c7-6-4-2-1-3-5-6;2*1-4-7(5-2)6-3;;/h1-2,4-5H;2*4-6H2,1-3H3;1H;/q;;;;+1/p-1. The normalized spacial score (nSPS) is 10.2. The maximum absolute atomic E-state index is 5.65. The Hall–Kier alpha value is 1.15. The van der Waals surface area contributed by atoms with E-state index in [2.05, 4.69) is 41.5 Å². The second-order valence-corrected chi connectivity index (χ2v) is 12.9. The van der Waals surface area contributed by atoms with E-state index in [9.17, 15) is 0 Å². The predicted octanol–water partition coefficient (Wildman–Crippen LogP) is 7.26. The molecule has 140 valence electrons. The molecule has 0 aliphatic carbocycles. The number of benzene rings is 1. The Morgan fingerprint density at radius 2 is 1.17 bits per heavy atom. The van der Waals surface area contributed by atoms with Crippen LogP contribution in [0.1, 0.15) is 41.5 Å². The van der Waals surface area contributed by atoms with Gasteiger partial charge in [0.2, 0.25) is 0 Å². The Bertz CT molecular complexity index is 334. The van der Waals surface area contributed by atoms with Crippen LogP contribution in [0.2, 0.25) is 5.02 Å². The molecule has 0 saturated carbocycles. The van der Waals surface area contributed by atoms with Gasteiger partial charge in [0.25, 0.3) is 0 Å². The fraction of sp³-hybridized carbons (Fsp3) is 0.667. The molecule has 0 saturated heterocycles. The SMILES string of the molecule is CCP(CC)CC.CCP(CC)CC.[Cl][Ni][c]1cccc(Cl)c1. The van der Waals surface area contributed by atoms with E-state index < -0.39 is 0 Å². The number of hydrogen-bond acceptors (Lipinski definition) is 0. The van der Waals surface area contributed by atoms with Gasteiger partial charge >= 0.3 is 69.2 Å². The molecule has 0 aliphatic rings. The average Bonchev–Trinajstić information content (AvgIpc) is 2.59. The Labute approximate surface area is 163 Å². The van der Waals surface area contributed by atoms with Crippen LogP contribution in [0.4, 0.5) is 0 Å². The van der Waals surface area contributed by atoms with Crippen molar-refractivity contribution in [2.24, 2.45) is 0 Å². The van der Waals surface area contributed by atoms with E-state index in [1.165, 1.54) is 37.0 Å². The number of rotatable bonds is 7. The molecule has 1 aromatic carbocycles. The van der Waals surface area contributed by atoms with Crippen LogP contribution in [0.15, 0.2) is 24.3 Å². The molecular formula is C18H34Cl2NiP2. The van der Waals surface area contributed by atoms with E-state index in [1.807, 2.05) is 24.3 Å². The van der Waals surface area contributed by atoms with Crippen LogP contribution >= 0.6 is 37.6 Å². The van der Waals surface area contributed by atoms with Crippen molar-refractivity contribution in [1.82, 2.24) is 0 Å². The van der Waals surface area contributed by atoms with Crippen LogP contribution in [0.3, 0.4) is 0 Å². The van der Waals surface area contributed by atoms with Crippen LogP contribution in [-0.4, -0.2) is 37.0 Å². The number of halogens is 2. The Balaban J connectivity index is 0. The average molecular weight is 442 g/mol. The summed E-state index contributed by atoms with van der Waals surface area (Å²) < 4.78 is 0.997. The van der Waals surface area contributed by atoms with Crippen LogP contribution in [-0.2, 0) is 13.5 Å². The summed E-state index contributed by atoms with van der Waals surface area (Å²) in [5.41, 5.74) is 0. The zero-order chi connectivity index (χ0) is 18.1. The quantitative estimate of drug-likeness (QED) is 0.308. The summed E-state index contributed by atoms with van der Waals surface area (Å²) in [5, 5.41) is 0.728. The Morgan fingerprint density at radius 3 is 1.35 bits per heavy atom. The van der Waals surface area contributed by atoms with Crippen LogP contribution < -0.4 is 4.53 Å². The van der Waals surface area contributed by atoms with Gasteiger partial charge in [-0.1, -0.05) is 41.5 Å². The molecule has 0 aliphatic heterocycles. The second-order valence-electron chi connectivity index (χ2n) is 4.70. The van der Waals surface area contributed by atoms with Gasteiger partial charge in [-0.3, -0.25) is 0 Å². The maximum atomic E-state index is 5.65. The van der Waals surface area contributed by atoms with Crippen molar-refractivity contribution >= 4 is 42.2 Å². The summed E-state index contributed by atoms with van der Waals surface area (Å²) in [6, 6.07) is 7.44. The van der Waals surface area contributed by atoms with E-state index in [0.29, 0.717) is 15.8 Å². The molecule has 0 atom stereocenters. The minimum absolute atomic E-state index is 0.446. The van der Waals surface area contributed by atoms with Gasteiger partial charge in [0.1, 0.15) is 0 Å². The molecule has 0 heterocycles. The van der Waals surface area contributed by atoms with E-state index in [4.69, 9.17) is 21.8 Å². The predicted molar refractivity (Wildman–Crippen MR) is 114 cm³/mol. The zero-order valence-corrected chi connectivity index (χ0v) is 19.8. The van der Waals surface area contributed by atoms with Gasteiger partial charge in [0.15, 0.2) is 0 Å². The van der Waals surface area contributed by atoms with Crippen molar-refractivity contribution in [2.45, 2.75) is 41.5 Å². The van der Waals surface area contributed by atoms with Gasteiger partial charge in [0, 0.05) is 0 Å². The molecule has 0 unspecified atom stereocenters. The van der Waals surface area contributed by atoms with Crippen molar-refractivity contribution < 1.29 is 13.5 Å². The molecule has 0 N–H and O–H groups in total. The van der Waals surface area contributed by atoms with Crippen LogP contribution in [0, 0.1) is 0 Å². The van der Waals surface area contributed by atoms with Gasteiger partial charge in [-0.15, -0.1) is 15.8 Å². The van der Waals surface area contributed by atoms with Gasteiger partial charge in [-0.2, -0.15) is 0 Å². The third-order valence-corrected chi connectivity index (χ3v) is 10.2. The van der Waals surface area contributed by atoms with E-state index in [0.717, 1.165) is 23.1 Å². The van der Waals surface area contributed by atoms with E-state index >= 15 is 0 Å². The van der Waals surface area contributed by atoms with Crippen molar-refractivity contribution in [2.75, 3.05) is 37.0 Å².